The first-order valence-electron chi connectivity index (χ1n) is 4.18. The maximum absolute atomic E-state index is 10.9. The van der Waals surface area contributed by atoms with Gasteiger partial charge in [-0.05, 0) is 6.08 Å². The topological polar surface area (TPSA) is 88.9 Å². The fourth-order valence-corrected chi connectivity index (χ4v) is 1.60. The molecule has 2 aromatic rings. The van der Waals surface area contributed by atoms with Crippen molar-refractivity contribution in [1.82, 2.24) is 19.9 Å². The van der Waals surface area contributed by atoms with E-state index < -0.39 is 5.97 Å². The number of nitrogens with zero attached hydrogens (tertiary/aromatic N) is 4. The van der Waals surface area contributed by atoms with E-state index in [4.69, 9.17) is 5.11 Å². The summed E-state index contributed by atoms with van der Waals surface area (Å²) in [6, 6.07) is 0. The van der Waals surface area contributed by atoms with Gasteiger partial charge in [-0.15, -0.1) is 0 Å². The summed E-state index contributed by atoms with van der Waals surface area (Å²) >= 11 is 0. The normalized spacial score (nSPS) is 12.9. The molecule has 0 unspecified atom stereocenters. The van der Waals surface area contributed by atoms with Crippen LogP contribution in [0.15, 0.2) is 12.7 Å². The van der Waals surface area contributed by atoms with Crippen LogP contribution in [0, 0.1) is 0 Å². The van der Waals surface area contributed by atoms with Crippen LogP contribution in [0.5, 0.6) is 0 Å². The highest BCUT2D eigenvalue weighted by Crippen LogP contribution is 2.31. The van der Waals surface area contributed by atoms with Crippen molar-refractivity contribution < 1.29 is 9.90 Å². The van der Waals surface area contributed by atoms with Crippen molar-refractivity contribution in [3.05, 3.63) is 24.0 Å². The lowest BCUT2D eigenvalue weighted by atomic mass is 10.2. The number of hydrogen-bond donors (Lipinski definition) is 1. The summed E-state index contributed by atoms with van der Waals surface area (Å²) < 4.78 is 0. The molecule has 1 aliphatic carbocycles. The summed E-state index contributed by atoms with van der Waals surface area (Å²) in [4.78, 5) is 26.7. The zero-order valence-electron chi connectivity index (χ0n) is 7.38. The second-order valence-electron chi connectivity index (χ2n) is 3.04. The number of aliphatic carboxylic acids is 1. The average molecular weight is 200 g/mol. The molecule has 0 fully saturated rings. The predicted molar refractivity (Wildman–Crippen MR) is 50.6 cm³/mol. The Morgan fingerprint density at radius 1 is 1.13 bits per heavy atom. The van der Waals surface area contributed by atoms with E-state index in [2.05, 4.69) is 19.9 Å². The van der Waals surface area contributed by atoms with Crippen LogP contribution in [0.1, 0.15) is 11.4 Å². The lowest BCUT2D eigenvalue weighted by Crippen LogP contribution is -2.00. The first-order valence-corrected chi connectivity index (χ1v) is 4.18. The van der Waals surface area contributed by atoms with E-state index in [1.54, 1.807) is 0 Å². The van der Waals surface area contributed by atoms with Gasteiger partial charge in [0.25, 0.3) is 0 Å². The second kappa shape index (κ2) is 2.57. The molecule has 15 heavy (non-hydrogen) atoms. The third kappa shape index (κ3) is 0.954. The number of rotatable bonds is 1. The van der Waals surface area contributed by atoms with Gasteiger partial charge in [-0.2, -0.15) is 0 Å². The van der Waals surface area contributed by atoms with Gasteiger partial charge in [0.2, 0.25) is 0 Å². The summed E-state index contributed by atoms with van der Waals surface area (Å²) in [6.45, 7) is 0. The molecule has 72 valence electrons. The molecule has 0 atom stereocenters. The van der Waals surface area contributed by atoms with E-state index in [1.165, 1.54) is 18.7 Å². The number of carbonyl (C=O) groups is 1. The molecule has 3 rings (SSSR count). The average Bonchev–Trinajstić information content (AvgIpc) is 2.61. The minimum Gasteiger partial charge on any atom is -0.478 e. The van der Waals surface area contributed by atoms with Crippen molar-refractivity contribution in [1.29, 1.82) is 0 Å². The molecule has 0 amide bonds. The quantitative estimate of drug-likeness (QED) is 0.714. The molecular formula is C9H4N4O2. The zero-order chi connectivity index (χ0) is 10.4. The Morgan fingerprint density at radius 3 is 2.60 bits per heavy atom. The minimum absolute atomic E-state index is 0.137. The Kier molecular flexibility index (Phi) is 1.37. The van der Waals surface area contributed by atoms with Crippen molar-refractivity contribution in [3.63, 3.8) is 0 Å². The fraction of sp³-hybridized carbons (Fsp3) is 0. The standard InChI is InChI=1S/C9H4N4O2/c14-9(15)4-1-5-6-7(4)11-3-13-8(6)12-2-10-5/h1-3H,(H,14,15). The lowest BCUT2D eigenvalue weighted by Gasteiger charge is -1.98. The molecule has 1 N–H and O–H groups in total. The molecule has 6 nitrogen and oxygen atoms in total. The highest BCUT2D eigenvalue weighted by Gasteiger charge is 2.24. The Balaban J connectivity index is 2.45. The number of aromatic nitrogens is 4. The van der Waals surface area contributed by atoms with Crippen molar-refractivity contribution >= 4 is 28.7 Å². The van der Waals surface area contributed by atoms with Gasteiger partial charge in [-0.1, -0.05) is 0 Å². The van der Waals surface area contributed by atoms with Gasteiger partial charge in [0.1, 0.15) is 12.7 Å². The molecule has 0 radical (unpaired) electrons. The molecule has 0 bridgehead atoms. The number of carboxylic acid groups (broad SMARTS) is 1. The maximum atomic E-state index is 10.9. The SMILES string of the molecule is O=C(O)C1=Cc2ncnc3ncnc1c23. The van der Waals surface area contributed by atoms with E-state index in [0.717, 1.165) is 0 Å². The summed E-state index contributed by atoms with van der Waals surface area (Å²) in [7, 11) is 0. The van der Waals surface area contributed by atoms with Crippen LogP contribution >= 0.6 is 0 Å². The molecule has 6 heteroatoms. The van der Waals surface area contributed by atoms with Crippen molar-refractivity contribution in [2.75, 3.05) is 0 Å². The Morgan fingerprint density at radius 2 is 1.87 bits per heavy atom. The number of hydrogen-bond acceptors (Lipinski definition) is 5. The molecule has 0 aliphatic heterocycles. The van der Waals surface area contributed by atoms with Crippen molar-refractivity contribution in [2.45, 2.75) is 0 Å². The Labute approximate surface area is 83.3 Å². The van der Waals surface area contributed by atoms with Gasteiger partial charge in [0.05, 0.1) is 22.3 Å². The van der Waals surface area contributed by atoms with E-state index in [1.807, 2.05) is 0 Å². The maximum Gasteiger partial charge on any atom is 0.338 e. The molecule has 0 saturated heterocycles. The van der Waals surface area contributed by atoms with E-state index >= 15 is 0 Å². The third-order valence-electron chi connectivity index (χ3n) is 2.23. The minimum atomic E-state index is -1.02. The van der Waals surface area contributed by atoms with E-state index in [0.29, 0.717) is 22.4 Å². The third-order valence-corrected chi connectivity index (χ3v) is 2.23. The van der Waals surface area contributed by atoms with Crippen molar-refractivity contribution in [3.8, 4) is 0 Å². The van der Waals surface area contributed by atoms with Crippen LogP contribution in [0.3, 0.4) is 0 Å². The molecule has 2 heterocycles. The first-order chi connectivity index (χ1) is 7.27. The van der Waals surface area contributed by atoms with Crippen molar-refractivity contribution in [2.24, 2.45) is 0 Å². The smallest absolute Gasteiger partial charge is 0.338 e. The van der Waals surface area contributed by atoms with Crippen LogP contribution in [0.2, 0.25) is 0 Å². The van der Waals surface area contributed by atoms with Gasteiger partial charge in [0, 0.05) is 0 Å². The van der Waals surface area contributed by atoms with Crippen LogP contribution < -0.4 is 0 Å². The Bertz CT molecular complexity index is 615. The van der Waals surface area contributed by atoms with Crippen LogP contribution in [0.25, 0.3) is 22.7 Å². The summed E-state index contributed by atoms with van der Waals surface area (Å²) in [5, 5.41) is 9.57. The lowest BCUT2D eigenvalue weighted by molar-refractivity contribution is -0.130. The molecule has 2 aromatic heterocycles. The summed E-state index contributed by atoms with van der Waals surface area (Å²) in [5.74, 6) is -1.02. The van der Waals surface area contributed by atoms with Gasteiger partial charge < -0.3 is 5.11 Å². The fourth-order valence-electron chi connectivity index (χ4n) is 1.60. The first kappa shape index (κ1) is 7.98. The Hall–Kier alpha value is -2.37. The van der Waals surface area contributed by atoms with E-state index in [9.17, 15) is 4.79 Å². The second-order valence-corrected chi connectivity index (χ2v) is 3.04. The molecule has 1 aliphatic rings. The molecule has 0 aromatic carbocycles. The highest BCUT2D eigenvalue weighted by molar-refractivity contribution is 6.27. The van der Waals surface area contributed by atoms with Crippen LogP contribution in [-0.4, -0.2) is 31.0 Å². The number of carboxylic acids is 1. The monoisotopic (exact) mass is 200 g/mol. The van der Waals surface area contributed by atoms with Gasteiger partial charge in [-0.25, -0.2) is 24.7 Å². The molecule has 0 saturated carbocycles. The van der Waals surface area contributed by atoms with Gasteiger partial charge in [-0.3, -0.25) is 0 Å². The summed E-state index contributed by atoms with van der Waals surface area (Å²) in [6.07, 6.45) is 4.14. The highest BCUT2D eigenvalue weighted by atomic mass is 16.4. The van der Waals surface area contributed by atoms with Crippen LogP contribution in [-0.2, 0) is 4.79 Å². The molecule has 0 spiro atoms. The molecular weight excluding hydrogens is 196 g/mol. The zero-order valence-corrected chi connectivity index (χ0v) is 7.38. The van der Waals surface area contributed by atoms with Gasteiger partial charge >= 0.3 is 5.97 Å². The van der Waals surface area contributed by atoms with Crippen LogP contribution in [0.4, 0.5) is 0 Å². The van der Waals surface area contributed by atoms with Gasteiger partial charge in [0.15, 0.2) is 5.65 Å². The summed E-state index contributed by atoms with van der Waals surface area (Å²) in [5.41, 5.74) is 1.56. The van der Waals surface area contributed by atoms with E-state index in [-0.39, 0.29) is 5.57 Å². The largest absolute Gasteiger partial charge is 0.478 e. The predicted octanol–water partition coefficient (Wildman–Crippen LogP) is 0.358.